The predicted molar refractivity (Wildman–Crippen MR) is 131 cm³/mol. The van der Waals surface area contributed by atoms with Gasteiger partial charge in [-0.15, -0.1) is 11.3 Å². The van der Waals surface area contributed by atoms with Crippen molar-refractivity contribution in [1.82, 2.24) is 19.2 Å². The van der Waals surface area contributed by atoms with Crippen LogP contribution in [0.3, 0.4) is 0 Å². The summed E-state index contributed by atoms with van der Waals surface area (Å²) in [6.07, 6.45) is 4.95. The average molecular weight is 517 g/mol. The third-order valence-corrected chi connectivity index (χ3v) is 9.27. The van der Waals surface area contributed by atoms with Gasteiger partial charge in [-0.1, -0.05) is 17.7 Å². The van der Waals surface area contributed by atoms with E-state index in [0.717, 1.165) is 10.6 Å². The molecular formula is C23H21ClN4O4S2. The molecule has 1 aromatic carbocycles. The molecule has 0 atom stereocenters. The molecule has 0 spiro atoms. The summed E-state index contributed by atoms with van der Waals surface area (Å²) in [6, 6.07) is 8.92. The number of halogens is 1. The minimum atomic E-state index is -3.74. The van der Waals surface area contributed by atoms with Gasteiger partial charge in [-0.25, -0.2) is 13.4 Å². The predicted octanol–water partition coefficient (Wildman–Crippen LogP) is 3.69. The largest absolute Gasteiger partial charge is 0.487 e. The number of carbonyl (C=O) groups is 1. The number of fused-ring (bicyclic) bond motifs is 1. The van der Waals surface area contributed by atoms with Crippen molar-refractivity contribution in [1.29, 1.82) is 0 Å². The van der Waals surface area contributed by atoms with Crippen molar-refractivity contribution < 1.29 is 17.9 Å². The minimum Gasteiger partial charge on any atom is -0.487 e. The highest BCUT2D eigenvalue weighted by atomic mass is 35.5. The summed E-state index contributed by atoms with van der Waals surface area (Å²) in [5.41, 5.74) is 2.13. The van der Waals surface area contributed by atoms with Gasteiger partial charge < -0.3 is 9.64 Å². The summed E-state index contributed by atoms with van der Waals surface area (Å²) in [6.45, 7) is 2.77. The molecule has 2 aliphatic rings. The quantitative estimate of drug-likeness (QED) is 0.525. The monoisotopic (exact) mass is 516 g/mol. The fourth-order valence-electron chi connectivity index (χ4n) is 3.94. The maximum Gasteiger partial charge on any atom is 0.265 e. The van der Waals surface area contributed by atoms with E-state index in [2.05, 4.69) is 9.97 Å². The number of carbonyl (C=O) groups excluding carboxylic acids is 1. The molecule has 5 rings (SSSR count). The van der Waals surface area contributed by atoms with Gasteiger partial charge in [0.2, 0.25) is 10.0 Å². The number of benzene rings is 1. The lowest BCUT2D eigenvalue weighted by atomic mass is 10.1. The van der Waals surface area contributed by atoms with E-state index in [4.69, 9.17) is 16.3 Å². The standard InChI is InChI=1S/C23H21ClN4O4S2/c1-15-21(33-22(26-15)16-5-7-25-8-6-16)23(29)27-9-11-28(12-10-27)34(30,31)17-13-18-19(24)3-2-4-20(18)32-14-17/h2-8,13H,9-12,14H2,1H3. The number of piperazine rings is 1. The second-order valence-electron chi connectivity index (χ2n) is 7.92. The molecule has 1 fully saturated rings. The summed E-state index contributed by atoms with van der Waals surface area (Å²) < 4.78 is 33.5. The molecule has 34 heavy (non-hydrogen) atoms. The van der Waals surface area contributed by atoms with Crippen LogP contribution in [0.15, 0.2) is 47.6 Å². The van der Waals surface area contributed by atoms with Crippen molar-refractivity contribution in [3.8, 4) is 16.3 Å². The van der Waals surface area contributed by atoms with E-state index in [9.17, 15) is 13.2 Å². The van der Waals surface area contributed by atoms with Crippen LogP contribution in [-0.2, 0) is 10.0 Å². The summed E-state index contributed by atoms with van der Waals surface area (Å²) in [7, 11) is -3.74. The molecule has 0 unspecified atom stereocenters. The number of thiazole rings is 1. The number of rotatable bonds is 4. The molecule has 2 aromatic heterocycles. The fraction of sp³-hybridized carbons (Fsp3) is 0.261. The number of hydrogen-bond acceptors (Lipinski definition) is 7. The molecule has 0 saturated carbocycles. The second-order valence-corrected chi connectivity index (χ2v) is 11.3. The first-order chi connectivity index (χ1) is 16.3. The zero-order valence-electron chi connectivity index (χ0n) is 18.3. The van der Waals surface area contributed by atoms with E-state index in [1.165, 1.54) is 15.6 Å². The average Bonchev–Trinajstić information content (AvgIpc) is 3.26. The number of aromatic nitrogens is 2. The van der Waals surface area contributed by atoms with Gasteiger partial charge in [-0.05, 0) is 37.3 Å². The van der Waals surface area contributed by atoms with Gasteiger partial charge in [0.25, 0.3) is 5.91 Å². The first-order valence-corrected chi connectivity index (χ1v) is 13.3. The topological polar surface area (TPSA) is 92.7 Å². The lowest BCUT2D eigenvalue weighted by molar-refractivity contribution is 0.0702. The number of amides is 1. The van der Waals surface area contributed by atoms with Crippen LogP contribution in [0, 0.1) is 6.92 Å². The molecular weight excluding hydrogens is 496 g/mol. The number of aryl methyl sites for hydroxylation is 1. The number of hydrogen-bond donors (Lipinski definition) is 0. The van der Waals surface area contributed by atoms with Gasteiger partial charge in [0.1, 0.15) is 22.2 Å². The van der Waals surface area contributed by atoms with Gasteiger partial charge in [-0.3, -0.25) is 9.78 Å². The summed E-state index contributed by atoms with van der Waals surface area (Å²) in [5.74, 6) is 0.432. The molecule has 11 heteroatoms. The van der Waals surface area contributed by atoms with Crippen LogP contribution >= 0.6 is 22.9 Å². The van der Waals surface area contributed by atoms with E-state index < -0.39 is 10.0 Å². The molecule has 176 valence electrons. The fourth-order valence-corrected chi connectivity index (χ4v) is 6.65. The van der Waals surface area contributed by atoms with Crippen LogP contribution in [0.2, 0.25) is 5.02 Å². The Balaban J connectivity index is 1.29. The molecule has 3 aromatic rings. The Hall–Kier alpha value is -2.79. The van der Waals surface area contributed by atoms with Crippen molar-refractivity contribution in [3.63, 3.8) is 0 Å². The number of pyridine rings is 1. The Morgan fingerprint density at radius 1 is 1.12 bits per heavy atom. The molecule has 8 nitrogen and oxygen atoms in total. The van der Waals surface area contributed by atoms with Crippen LogP contribution < -0.4 is 4.74 Å². The van der Waals surface area contributed by atoms with Gasteiger partial charge >= 0.3 is 0 Å². The van der Waals surface area contributed by atoms with Crippen LogP contribution in [0.5, 0.6) is 5.75 Å². The normalized spacial score (nSPS) is 16.5. The van der Waals surface area contributed by atoms with Crippen LogP contribution in [0.4, 0.5) is 0 Å². The van der Waals surface area contributed by atoms with Gasteiger partial charge in [0.05, 0.1) is 15.6 Å². The van der Waals surface area contributed by atoms with Crippen molar-refractivity contribution in [2.45, 2.75) is 6.92 Å². The van der Waals surface area contributed by atoms with Crippen LogP contribution in [0.1, 0.15) is 20.9 Å². The van der Waals surface area contributed by atoms with E-state index in [0.29, 0.717) is 40.0 Å². The molecule has 2 aliphatic heterocycles. The Labute approximate surface area is 206 Å². The Morgan fingerprint density at radius 2 is 1.85 bits per heavy atom. The zero-order chi connectivity index (χ0) is 23.9. The molecule has 0 bridgehead atoms. The Kier molecular flexibility index (Phi) is 6.15. The van der Waals surface area contributed by atoms with E-state index in [1.807, 2.05) is 19.1 Å². The Bertz CT molecular complexity index is 1380. The smallest absolute Gasteiger partial charge is 0.265 e. The first kappa shape index (κ1) is 23.0. The van der Waals surface area contributed by atoms with Gasteiger partial charge in [0, 0.05) is 49.7 Å². The zero-order valence-corrected chi connectivity index (χ0v) is 20.7. The molecule has 1 amide bonds. The lowest BCUT2D eigenvalue weighted by Gasteiger charge is -2.34. The van der Waals surface area contributed by atoms with Crippen molar-refractivity contribution in [3.05, 3.63) is 68.8 Å². The van der Waals surface area contributed by atoms with Crippen molar-refractivity contribution in [2.24, 2.45) is 0 Å². The van der Waals surface area contributed by atoms with Gasteiger partial charge in [-0.2, -0.15) is 4.31 Å². The molecule has 0 aliphatic carbocycles. The first-order valence-electron chi connectivity index (χ1n) is 10.6. The second kappa shape index (κ2) is 9.10. The van der Waals surface area contributed by atoms with E-state index in [-0.39, 0.29) is 30.5 Å². The molecule has 1 saturated heterocycles. The highest BCUT2D eigenvalue weighted by Crippen LogP contribution is 2.34. The van der Waals surface area contributed by atoms with Crippen LogP contribution in [-0.4, -0.2) is 66.3 Å². The van der Waals surface area contributed by atoms with Crippen molar-refractivity contribution in [2.75, 3.05) is 32.8 Å². The number of nitrogens with zero attached hydrogens (tertiary/aromatic N) is 4. The van der Waals surface area contributed by atoms with E-state index in [1.54, 1.807) is 41.6 Å². The SMILES string of the molecule is Cc1nc(-c2ccncc2)sc1C(=O)N1CCN(S(=O)(=O)C2=Cc3c(Cl)cccc3OC2)CC1. The Morgan fingerprint density at radius 3 is 2.59 bits per heavy atom. The number of ether oxygens (including phenoxy) is 1. The maximum absolute atomic E-state index is 13.2. The maximum atomic E-state index is 13.2. The third-order valence-electron chi connectivity index (χ3n) is 5.80. The summed E-state index contributed by atoms with van der Waals surface area (Å²) in [5, 5.41) is 1.19. The third kappa shape index (κ3) is 4.22. The highest BCUT2D eigenvalue weighted by Gasteiger charge is 2.34. The minimum absolute atomic E-state index is 0.0489. The lowest BCUT2D eigenvalue weighted by Crippen LogP contribution is -2.51. The summed E-state index contributed by atoms with van der Waals surface area (Å²) in [4.78, 5) is 24.1. The molecule has 0 N–H and O–H groups in total. The molecule has 0 radical (unpaired) electrons. The van der Waals surface area contributed by atoms with Crippen LogP contribution in [0.25, 0.3) is 16.6 Å². The van der Waals surface area contributed by atoms with Crippen molar-refractivity contribution >= 4 is 44.9 Å². The van der Waals surface area contributed by atoms with Gasteiger partial charge in [0.15, 0.2) is 0 Å². The van der Waals surface area contributed by atoms with E-state index >= 15 is 0 Å². The summed E-state index contributed by atoms with van der Waals surface area (Å²) >= 11 is 7.56. The molecule has 4 heterocycles. The highest BCUT2D eigenvalue weighted by molar-refractivity contribution is 7.93. The number of sulfonamides is 1.